The molecule has 0 bridgehead atoms. The first kappa shape index (κ1) is 17.3. The number of nitrogens with zero attached hydrogens (tertiary/aromatic N) is 1. The van der Waals surface area contributed by atoms with E-state index in [-0.39, 0.29) is 24.5 Å². The smallest absolute Gasteiger partial charge is 0.317 e. The van der Waals surface area contributed by atoms with Gasteiger partial charge in [0, 0.05) is 25.0 Å². The molecule has 1 heterocycles. The molecule has 0 aromatic carbocycles. The topological polar surface area (TPSA) is 66.5 Å². The molecular weight excluding hydrogens is 300 g/mol. The van der Waals surface area contributed by atoms with Crippen molar-refractivity contribution in [2.75, 3.05) is 19.6 Å². The molecule has 2 rings (SSSR count). The highest BCUT2D eigenvalue weighted by molar-refractivity contribution is 7.92. The summed E-state index contributed by atoms with van der Waals surface area (Å²) in [6, 6.07) is -0.153. The summed E-state index contributed by atoms with van der Waals surface area (Å²) in [4.78, 5) is 14.0. The van der Waals surface area contributed by atoms with Crippen molar-refractivity contribution < 1.29 is 13.2 Å². The normalized spacial score (nSPS) is 28.4. The summed E-state index contributed by atoms with van der Waals surface area (Å²) in [5.74, 6) is 0. The SMILES string of the molecule is CC1CN(C(=O)NCC(C)(C)C2=CCCC2)CC(C)S1(=O)=O. The minimum absolute atomic E-state index is 0.0365. The van der Waals surface area contributed by atoms with Crippen molar-refractivity contribution >= 4 is 15.9 Å². The monoisotopic (exact) mass is 328 g/mol. The minimum atomic E-state index is -3.09. The van der Waals surface area contributed by atoms with Crippen LogP contribution >= 0.6 is 0 Å². The second-order valence-electron chi connectivity index (χ2n) is 7.28. The molecule has 1 aliphatic carbocycles. The fourth-order valence-electron chi connectivity index (χ4n) is 3.27. The zero-order valence-electron chi connectivity index (χ0n) is 14.1. The van der Waals surface area contributed by atoms with Gasteiger partial charge in [-0.2, -0.15) is 0 Å². The van der Waals surface area contributed by atoms with E-state index in [4.69, 9.17) is 0 Å². The number of hydrogen-bond acceptors (Lipinski definition) is 3. The van der Waals surface area contributed by atoms with Gasteiger partial charge in [0.1, 0.15) is 0 Å². The molecule has 2 amide bonds. The van der Waals surface area contributed by atoms with Crippen molar-refractivity contribution in [1.82, 2.24) is 10.2 Å². The molecule has 2 atom stereocenters. The van der Waals surface area contributed by atoms with Gasteiger partial charge in [-0.15, -0.1) is 0 Å². The van der Waals surface area contributed by atoms with Gasteiger partial charge in [0.05, 0.1) is 10.5 Å². The van der Waals surface area contributed by atoms with Crippen LogP contribution in [0, 0.1) is 5.41 Å². The van der Waals surface area contributed by atoms with Crippen molar-refractivity contribution in [3.05, 3.63) is 11.6 Å². The number of carbonyl (C=O) groups is 1. The summed E-state index contributed by atoms with van der Waals surface area (Å²) in [5, 5.41) is 2.00. The summed E-state index contributed by atoms with van der Waals surface area (Å²) in [6.45, 7) is 8.80. The summed E-state index contributed by atoms with van der Waals surface area (Å²) in [7, 11) is -3.09. The fraction of sp³-hybridized carbons (Fsp3) is 0.812. The van der Waals surface area contributed by atoms with Crippen LogP contribution in [0.1, 0.15) is 47.0 Å². The number of carbonyl (C=O) groups excluding carboxylic acids is 1. The van der Waals surface area contributed by atoms with Crippen LogP contribution in [0.25, 0.3) is 0 Å². The van der Waals surface area contributed by atoms with Crippen LogP contribution in [0.5, 0.6) is 0 Å². The van der Waals surface area contributed by atoms with Crippen LogP contribution in [0.15, 0.2) is 11.6 Å². The Balaban J connectivity index is 1.93. The van der Waals surface area contributed by atoms with E-state index in [0.29, 0.717) is 6.54 Å². The number of sulfone groups is 1. The molecule has 0 radical (unpaired) electrons. The lowest BCUT2D eigenvalue weighted by Crippen LogP contribution is -2.55. The second kappa shape index (κ2) is 6.22. The van der Waals surface area contributed by atoms with Gasteiger partial charge < -0.3 is 10.2 Å². The van der Waals surface area contributed by atoms with E-state index in [1.807, 2.05) is 0 Å². The van der Waals surface area contributed by atoms with Crippen LogP contribution in [0.2, 0.25) is 0 Å². The van der Waals surface area contributed by atoms with Crippen LogP contribution in [-0.4, -0.2) is 49.5 Å². The molecule has 1 aliphatic heterocycles. The van der Waals surface area contributed by atoms with Gasteiger partial charge in [0.25, 0.3) is 0 Å². The van der Waals surface area contributed by atoms with E-state index >= 15 is 0 Å². The van der Waals surface area contributed by atoms with Gasteiger partial charge in [0.15, 0.2) is 9.84 Å². The molecule has 22 heavy (non-hydrogen) atoms. The number of nitrogens with one attached hydrogen (secondary N) is 1. The maximum Gasteiger partial charge on any atom is 0.317 e. The number of hydrogen-bond donors (Lipinski definition) is 1. The van der Waals surface area contributed by atoms with E-state index < -0.39 is 20.3 Å². The van der Waals surface area contributed by atoms with Gasteiger partial charge in [-0.3, -0.25) is 0 Å². The van der Waals surface area contributed by atoms with Gasteiger partial charge >= 0.3 is 6.03 Å². The van der Waals surface area contributed by atoms with Crippen molar-refractivity contribution in [3.8, 4) is 0 Å². The van der Waals surface area contributed by atoms with Crippen LogP contribution in [0.4, 0.5) is 4.79 Å². The second-order valence-corrected chi connectivity index (χ2v) is 10.1. The highest BCUT2D eigenvalue weighted by atomic mass is 32.2. The molecule has 2 unspecified atom stereocenters. The third kappa shape index (κ3) is 3.47. The predicted octanol–water partition coefficient (Wildman–Crippen LogP) is 2.34. The lowest BCUT2D eigenvalue weighted by atomic mass is 9.83. The molecule has 0 saturated carbocycles. The molecule has 2 aliphatic rings. The highest BCUT2D eigenvalue weighted by Gasteiger charge is 2.38. The maximum absolute atomic E-state index is 12.4. The van der Waals surface area contributed by atoms with E-state index in [0.717, 1.165) is 12.8 Å². The quantitative estimate of drug-likeness (QED) is 0.809. The minimum Gasteiger partial charge on any atom is -0.337 e. The average molecular weight is 328 g/mol. The Morgan fingerprint density at radius 1 is 1.32 bits per heavy atom. The average Bonchev–Trinajstić information content (AvgIpc) is 2.97. The molecule has 6 heteroatoms. The van der Waals surface area contributed by atoms with E-state index in [2.05, 4.69) is 25.2 Å². The summed E-state index contributed by atoms with van der Waals surface area (Å²) in [5.41, 5.74) is 1.38. The van der Waals surface area contributed by atoms with Gasteiger partial charge in [-0.1, -0.05) is 25.5 Å². The maximum atomic E-state index is 12.4. The molecule has 1 saturated heterocycles. The summed E-state index contributed by atoms with van der Waals surface area (Å²) >= 11 is 0. The van der Waals surface area contributed by atoms with Crippen LogP contribution in [-0.2, 0) is 9.84 Å². The number of allylic oxidation sites excluding steroid dienone is 1. The largest absolute Gasteiger partial charge is 0.337 e. The third-order valence-corrected chi connectivity index (χ3v) is 7.50. The van der Waals surface area contributed by atoms with Crippen LogP contribution < -0.4 is 5.32 Å². The van der Waals surface area contributed by atoms with Gasteiger partial charge in [-0.05, 0) is 33.1 Å². The Kier molecular flexibility index (Phi) is 4.90. The lowest BCUT2D eigenvalue weighted by Gasteiger charge is -2.36. The molecule has 0 spiro atoms. The first-order valence-electron chi connectivity index (χ1n) is 8.09. The number of amides is 2. The first-order valence-corrected chi connectivity index (χ1v) is 9.70. The van der Waals surface area contributed by atoms with Crippen molar-refractivity contribution in [1.29, 1.82) is 0 Å². The summed E-state index contributed by atoms with van der Waals surface area (Å²) < 4.78 is 24.0. The zero-order valence-corrected chi connectivity index (χ0v) is 14.9. The Hall–Kier alpha value is -1.04. The molecular formula is C16H28N2O3S. The molecule has 0 aromatic heterocycles. The summed E-state index contributed by atoms with van der Waals surface area (Å²) in [6.07, 6.45) is 5.72. The Bertz CT molecular complexity index is 548. The zero-order chi connectivity index (χ0) is 16.5. The third-order valence-electron chi connectivity index (χ3n) is 4.96. The Morgan fingerprint density at radius 2 is 1.91 bits per heavy atom. The van der Waals surface area contributed by atoms with Crippen LogP contribution in [0.3, 0.4) is 0 Å². The van der Waals surface area contributed by atoms with Gasteiger partial charge in [-0.25, -0.2) is 13.2 Å². The Morgan fingerprint density at radius 3 is 2.41 bits per heavy atom. The first-order chi connectivity index (χ1) is 10.1. The van der Waals surface area contributed by atoms with Gasteiger partial charge in [0.2, 0.25) is 0 Å². The van der Waals surface area contributed by atoms with Crippen molar-refractivity contribution in [2.24, 2.45) is 5.41 Å². The predicted molar refractivity (Wildman–Crippen MR) is 88.5 cm³/mol. The fourth-order valence-corrected chi connectivity index (χ4v) is 4.84. The van der Waals surface area contributed by atoms with E-state index in [1.165, 1.54) is 12.0 Å². The number of urea groups is 1. The van der Waals surface area contributed by atoms with Crippen molar-refractivity contribution in [3.63, 3.8) is 0 Å². The van der Waals surface area contributed by atoms with E-state index in [1.54, 1.807) is 18.7 Å². The standard InChI is InChI=1S/C16H28N2O3S/c1-12-9-18(10-13(2)22(12,20)21)15(19)17-11-16(3,4)14-7-5-6-8-14/h7,12-13H,5-6,8-11H2,1-4H3,(H,17,19). The molecule has 1 fully saturated rings. The van der Waals surface area contributed by atoms with E-state index in [9.17, 15) is 13.2 Å². The lowest BCUT2D eigenvalue weighted by molar-refractivity contribution is 0.191. The Labute approximate surface area is 134 Å². The number of rotatable bonds is 3. The highest BCUT2D eigenvalue weighted by Crippen LogP contribution is 2.34. The molecule has 0 aromatic rings. The molecule has 1 N–H and O–H groups in total. The molecule has 5 nitrogen and oxygen atoms in total. The molecule has 126 valence electrons. The van der Waals surface area contributed by atoms with Crippen molar-refractivity contribution in [2.45, 2.75) is 57.5 Å².